The summed E-state index contributed by atoms with van der Waals surface area (Å²) in [6.45, 7) is -0.609. The molecule has 11 heteroatoms. The van der Waals surface area contributed by atoms with Gasteiger partial charge in [-0.3, -0.25) is 9.89 Å². The zero-order chi connectivity index (χ0) is 17.6. The zero-order valence-electron chi connectivity index (χ0n) is 12.7. The van der Waals surface area contributed by atoms with Crippen LogP contribution in [-0.4, -0.2) is 50.3 Å². The van der Waals surface area contributed by atoms with Gasteiger partial charge in [-0.15, -0.1) is 0 Å². The molecule has 1 aromatic carbocycles. The molecule has 0 atom stereocenters. The predicted molar refractivity (Wildman–Crippen MR) is 84.4 cm³/mol. The Morgan fingerprint density at radius 3 is 2.62 bits per heavy atom. The van der Waals surface area contributed by atoms with Gasteiger partial charge in [-0.25, -0.2) is 13.4 Å². The molecule has 2 heterocycles. The fourth-order valence-corrected chi connectivity index (χ4v) is 3.49. The third kappa shape index (κ3) is 2.52. The lowest BCUT2D eigenvalue weighted by atomic mass is 10.1. The van der Waals surface area contributed by atoms with Crippen molar-refractivity contribution in [1.29, 1.82) is 0 Å². The molecule has 1 aliphatic rings. The van der Waals surface area contributed by atoms with Gasteiger partial charge < -0.3 is 10.0 Å². The molecule has 9 nitrogen and oxygen atoms in total. The number of H-pyrrole nitrogens is 1. The average Bonchev–Trinajstić information content (AvgIpc) is 3.04. The number of nitrogens with one attached hydrogen (secondary N) is 2. The highest BCUT2D eigenvalue weighted by molar-refractivity contribution is 7.92. The van der Waals surface area contributed by atoms with E-state index >= 15 is 0 Å². The van der Waals surface area contributed by atoms with Crippen molar-refractivity contribution in [2.24, 2.45) is 0 Å². The van der Waals surface area contributed by atoms with Gasteiger partial charge >= 0.3 is 10.2 Å². The van der Waals surface area contributed by atoms with Gasteiger partial charge in [0.2, 0.25) is 0 Å². The second-order valence-electron chi connectivity index (χ2n) is 5.37. The molecule has 0 saturated carbocycles. The minimum Gasteiger partial charge on any atom is -0.506 e. The number of phenolic OH excluding ortho intramolecular Hbond substituents is 1. The largest absolute Gasteiger partial charge is 0.506 e. The number of aromatic nitrogens is 2. The summed E-state index contributed by atoms with van der Waals surface area (Å²) in [5, 5.41) is 16.6. The summed E-state index contributed by atoms with van der Waals surface area (Å²) in [4.78, 5) is 13.0. The number of rotatable bonds is 3. The fourth-order valence-electron chi connectivity index (χ4n) is 2.32. The lowest BCUT2D eigenvalue weighted by molar-refractivity contribution is -0.117. The number of nitrogens with zero attached hydrogens (tertiary/aromatic N) is 3. The zero-order valence-corrected chi connectivity index (χ0v) is 13.6. The van der Waals surface area contributed by atoms with E-state index in [4.69, 9.17) is 0 Å². The smallest absolute Gasteiger partial charge is 0.326 e. The number of hydrogen-bond donors (Lipinski definition) is 3. The summed E-state index contributed by atoms with van der Waals surface area (Å²) in [7, 11) is -0.729. The Bertz CT molecular complexity index is 924. The standard InChI is InChI=1S/C13H14FN5O4S/c1-18(2)10-5-8(15-16-10)7-3-4-9(20)13(12(7)14)19-6-11(21)17-24(19,22)23/h3-5,20H,6H2,1-2H3,(H,15,16)(H,17,21). The number of phenols is 1. The minimum absolute atomic E-state index is 0.0120. The average molecular weight is 355 g/mol. The van der Waals surface area contributed by atoms with E-state index in [1.807, 2.05) is 0 Å². The molecule has 128 valence electrons. The Labute approximate surface area is 136 Å². The number of benzene rings is 1. The minimum atomic E-state index is -4.24. The lowest BCUT2D eigenvalue weighted by Gasteiger charge is -2.18. The number of carbonyl (C=O) groups excluding carboxylic acids is 1. The monoisotopic (exact) mass is 355 g/mol. The highest BCUT2D eigenvalue weighted by Crippen LogP contribution is 2.38. The maximum atomic E-state index is 14.9. The van der Waals surface area contributed by atoms with E-state index in [0.29, 0.717) is 15.8 Å². The van der Waals surface area contributed by atoms with E-state index in [9.17, 15) is 22.7 Å². The van der Waals surface area contributed by atoms with Crippen molar-refractivity contribution in [3.8, 4) is 17.0 Å². The highest BCUT2D eigenvalue weighted by atomic mass is 32.2. The number of carbonyl (C=O) groups is 1. The summed E-state index contributed by atoms with van der Waals surface area (Å²) >= 11 is 0. The van der Waals surface area contributed by atoms with E-state index < -0.39 is 39.9 Å². The first-order valence-corrected chi connectivity index (χ1v) is 8.22. The van der Waals surface area contributed by atoms with E-state index in [-0.39, 0.29) is 5.56 Å². The van der Waals surface area contributed by atoms with Crippen LogP contribution in [0.5, 0.6) is 5.75 Å². The van der Waals surface area contributed by atoms with Crippen LogP contribution in [0.2, 0.25) is 0 Å². The molecule has 1 saturated heterocycles. The van der Waals surface area contributed by atoms with Crippen LogP contribution < -0.4 is 13.9 Å². The summed E-state index contributed by atoms with van der Waals surface area (Å²) in [5.74, 6) is -1.84. The van der Waals surface area contributed by atoms with Gasteiger partial charge in [-0.05, 0) is 12.1 Å². The second kappa shape index (κ2) is 5.37. The van der Waals surface area contributed by atoms with Crippen LogP contribution >= 0.6 is 0 Å². The highest BCUT2D eigenvalue weighted by Gasteiger charge is 2.38. The van der Waals surface area contributed by atoms with Crippen molar-refractivity contribution < 1.29 is 22.7 Å². The first kappa shape index (κ1) is 16.1. The molecule has 0 unspecified atom stereocenters. The molecular weight excluding hydrogens is 341 g/mol. The molecule has 0 aliphatic carbocycles. The summed E-state index contributed by atoms with van der Waals surface area (Å²) in [6, 6.07) is 4.02. The molecule has 0 spiro atoms. The molecular formula is C13H14FN5O4S. The van der Waals surface area contributed by atoms with Crippen molar-refractivity contribution in [3.63, 3.8) is 0 Å². The van der Waals surface area contributed by atoms with Gasteiger partial charge in [0.25, 0.3) is 5.91 Å². The van der Waals surface area contributed by atoms with Gasteiger partial charge in [0.1, 0.15) is 23.8 Å². The van der Waals surface area contributed by atoms with Crippen LogP contribution in [0.15, 0.2) is 18.2 Å². The van der Waals surface area contributed by atoms with E-state index in [1.54, 1.807) is 29.8 Å². The van der Waals surface area contributed by atoms with Gasteiger partial charge in [0.05, 0.1) is 5.69 Å². The number of aromatic hydroxyl groups is 1. The van der Waals surface area contributed by atoms with Gasteiger partial charge in [-0.1, -0.05) is 0 Å². The van der Waals surface area contributed by atoms with Crippen LogP contribution in [0.3, 0.4) is 0 Å². The normalized spacial score (nSPS) is 16.3. The summed E-state index contributed by atoms with van der Waals surface area (Å²) in [6.07, 6.45) is 0. The third-order valence-corrected chi connectivity index (χ3v) is 4.85. The van der Waals surface area contributed by atoms with E-state index in [2.05, 4.69) is 10.2 Å². The fraction of sp³-hybridized carbons (Fsp3) is 0.231. The summed E-state index contributed by atoms with van der Waals surface area (Å²) in [5.41, 5.74) is -0.280. The lowest BCUT2D eigenvalue weighted by Crippen LogP contribution is -2.30. The Kier molecular flexibility index (Phi) is 3.59. The number of aromatic amines is 1. The molecule has 24 heavy (non-hydrogen) atoms. The summed E-state index contributed by atoms with van der Waals surface area (Å²) < 4.78 is 40.9. The molecule has 0 radical (unpaired) electrons. The quantitative estimate of drug-likeness (QED) is 0.722. The van der Waals surface area contributed by atoms with Crippen molar-refractivity contribution in [2.75, 3.05) is 29.8 Å². The van der Waals surface area contributed by atoms with Crippen LogP contribution in [0.25, 0.3) is 11.3 Å². The van der Waals surface area contributed by atoms with Gasteiger partial charge in [0, 0.05) is 25.7 Å². The molecule has 2 aromatic rings. The number of hydrogen-bond acceptors (Lipinski definition) is 6. The number of amides is 1. The SMILES string of the molecule is CN(C)c1cc(-c2ccc(O)c(N3CC(=O)NS3(=O)=O)c2F)[nH]n1. The number of anilines is 2. The Hall–Kier alpha value is -2.82. The van der Waals surface area contributed by atoms with Crippen molar-refractivity contribution >= 4 is 27.6 Å². The molecule has 3 rings (SSSR count). The Morgan fingerprint density at radius 2 is 2.08 bits per heavy atom. The van der Waals surface area contributed by atoms with E-state index in [1.165, 1.54) is 6.07 Å². The van der Waals surface area contributed by atoms with Crippen molar-refractivity contribution in [2.45, 2.75) is 0 Å². The molecule has 1 aromatic heterocycles. The molecule has 1 amide bonds. The van der Waals surface area contributed by atoms with Crippen LogP contribution in [0.4, 0.5) is 15.9 Å². The van der Waals surface area contributed by atoms with Crippen molar-refractivity contribution in [1.82, 2.24) is 14.9 Å². The van der Waals surface area contributed by atoms with Crippen LogP contribution in [-0.2, 0) is 15.0 Å². The van der Waals surface area contributed by atoms with Crippen LogP contribution in [0.1, 0.15) is 0 Å². The Morgan fingerprint density at radius 1 is 1.38 bits per heavy atom. The maximum absolute atomic E-state index is 14.9. The second-order valence-corrected chi connectivity index (χ2v) is 6.96. The van der Waals surface area contributed by atoms with Crippen LogP contribution in [0, 0.1) is 5.82 Å². The first-order chi connectivity index (χ1) is 11.2. The molecule has 3 N–H and O–H groups in total. The number of halogens is 1. The maximum Gasteiger partial charge on any atom is 0.326 e. The third-order valence-electron chi connectivity index (χ3n) is 3.48. The predicted octanol–water partition coefficient (Wildman–Crippen LogP) is 0.168. The van der Waals surface area contributed by atoms with Gasteiger partial charge in [-0.2, -0.15) is 13.5 Å². The van der Waals surface area contributed by atoms with E-state index in [0.717, 1.165) is 6.07 Å². The Balaban J connectivity index is 2.13. The topological polar surface area (TPSA) is 119 Å². The molecule has 0 bridgehead atoms. The first-order valence-electron chi connectivity index (χ1n) is 6.78. The molecule has 1 aliphatic heterocycles. The van der Waals surface area contributed by atoms with Gasteiger partial charge in [0.15, 0.2) is 5.82 Å². The molecule has 1 fully saturated rings. The van der Waals surface area contributed by atoms with Crippen molar-refractivity contribution in [3.05, 3.63) is 24.0 Å².